The number of thiophene rings is 1. The van der Waals surface area contributed by atoms with E-state index >= 15 is 0 Å². The fourth-order valence-corrected chi connectivity index (χ4v) is 3.20. The lowest BCUT2D eigenvalue weighted by Crippen LogP contribution is -2.42. The third kappa shape index (κ3) is 7.62. The summed E-state index contributed by atoms with van der Waals surface area (Å²) in [4.78, 5) is 24.8. The number of carbonyl (C=O) groups is 2. The quantitative estimate of drug-likeness (QED) is 0.771. The van der Waals surface area contributed by atoms with E-state index in [1.54, 1.807) is 39.0 Å². The summed E-state index contributed by atoms with van der Waals surface area (Å²) in [5.41, 5.74) is -0.539. The van der Waals surface area contributed by atoms with Gasteiger partial charge in [0.2, 0.25) is 5.91 Å². The molecule has 1 aromatic heterocycles. The van der Waals surface area contributed by atoms with Crippen LogP contribution in [0, 0.1) is 0 Å². The van der Waals surface area contributed by atoms with E-state index in [1.807, 2.05) is 6.07 Å². The molecule has 6 heteroatoms. The van der Waals surface area contributed by atoms with E-state index in [2.05, 4.69) is 27.3 Å². The number of carbonyl (C=O) groups excluding carboxylic acids is 2. The highest BCUT2D eigenvalue weighted by molar-refractivity contribution is 9.11. The third-order valence-electron chi connectivity index (χ3n) is 2.59. The molecule has 1 aromatic rings. The van der Waals surface area contributed by atoms with Gasteiger partial charge in [0, 0.05) is 11.3 Å². The summed E-state index contributed by atoms with van der Waals surface area (Å²) in [5.74, 6) is -0.526. The van der Waals surface area contributed by atoms with Gasteiger partial charge < -0.3 is 10.1 Å². The highest BCUT2D eigenvalue weighted by Gasteiger charge is 2.22. The van der Waals surface area contributed by atoms with Gasteiger partial charge in [0.15, 0.2) is 0 Å². The van der Waals surface area contributed by atoms with Crippen LogP contribution < -0.4 is 5.32 Å². The van der Waals surface area contributed by atoms with Crippen LogP contribution >= 0.6 is 27.3 Å². The molecule has 21 heavy (non-hydrogen) atoms. The summed E-state index contributed by atoms with van der Waals surface area (Å²) in [6.45, 7) is 7.05. The fraction of sp³-hybridized carbons (Fsp3) is 0.600. The zero-order valence-electron chi connectivity index (χ0n) is 12.9. The van der Waals surface area contributed by atoms with Gasteiger partial charge in [0.25, 0.3) is 0 Å². The van der Waals surface area contributed by atoms with Crippen molar-refractivity contribution in [1.29, 1.82) is 0 Å². The molecule has 4 nitrogen and oxygen atoms in total. The molecule has 0 fully saturated rings. The van der Waals surface area contributed by atoms with E-state index in [0.717, 1.165) is 16.6 Å². The molecule has 118 valence electrons. The first-order chi connectivity index (χ1) is 9.67. The summed E-state index contributed by atoms with van der Waals surface area (Å²) in [5, 5.41) is 2.67. The van der Waals surface area contributed by atoms with Crippen LogP contribution in [-0.4, -0.2) is 23.5 Å². The van der Waals surface area contributed by atoms with Gasteiger partial charge in [-0.2, -0.15) is 0 Å². The van der Waals surface area contributed by atoms with Crippen molar-refractivity contribution in [3.8, 4) is 0 Å². The number of amides is 1. The molecular weight excluding hydrogens is 354 g/mol. The van der Waals surface area contributed by atoms with E-state index in [9.17, 15) is 9.59 Å². The Hall–Kier alpha value is -0.880. The maximum atomic E-state index is 11.8. The molecule has 0 aliphatic rings. The van der Waals surface area contributed by atoms with Gasteiger partial charge in [-0.25, -0.2) is 4.79 Å². The summed E-state index contributed by atoms with van der Waals surface area (Å²) in [6.07, 6.45) is 2.03. The van der Waals surface area contributed by atoms with Crippen LogP contribution in [0.15, 0.2) is 15.9 Å². The predicted molar refractivity (Wildman–Crippen MR) is 88.4 cm³/mol. The first kappa shape index (κ1) is 18.2. The van der Waals surface area contributed by atoms with Gasteiger partial charge in [-0.15, -0.1) is 11.3 Å². The van der Waals surface area contributed by atoms with Crippen LogP contribution in [0.25, 0.3) is 0 Å². The van der Waals surface area contributed by atoms with Crippen LogP contribution in [0.2, 0.25) is 0 Å². The average molecular weight is 376 g/mol. The van der Waals surface area contributed by atoms with Crippen molar-refractivity contribution in [2.45, 2.75) is 58.6 Å². The van der Waals surface area contributed by atoms with E-state index in [0.29, 0.717) is 6.42 Å². The smallest absolute Gasteiger partial charge is 0.328 e. The maximum absolute atomic E-state index is 11.8. The molecule has 1 N–H and O–H groups in total. The number of hydrogen-bond donors (Lipinski definition) is 1. The van der Waals surface area contributed by atoms with Crippen molar-refractivity contribution < 1.29 is 14.3 Å². The molecule has 0 aliphatic carbocycles. The highest BCUT2D eigenvalue weighted by Crippen LogP contribution is 2.23. The average Bonchev–Trinajstić information content (AvgIpc) is 2.72. The van der Waals surface area contributed by atoms with Crippen molar-refractivity contribution in [3.63, 3.8) is 0 Å². The second-order valence-corrected chi connectivity index (χ2v) is 8.43. The molecule has 1 heterocycles. The number of halogens is 1. The SMILES string of the molecule is C[C@@H](NC(=O)CCCc1ccc(Br)s1)C(=O)OC(C)(C)C. The third-order valence-corrected chi connectivity index (χ3v) is 4.28. The van der Waals surface area contributed by atoms with Gasteiger partial charge in [-0.05, 0) is 68.6 Å². The van der Waals surface area contributed by atoms with Gasteiger partial charge in [0.1, 0.15) is 11.6 Å². The molecular formula is C15H22BrNO3S. The van der Waals surface area contributed by atoms with Crippen LogP contribution in [-0.2, 0) is 20.7 Å². The lowest BCUT2D eigenvalue weighted by Gasteiger charge is -2.22. The van der Waals surface area contributed by atoms with Crippen LogP contribution in [0.1, 0.15) is 45.4 Å². The number of aryl methyl sites for hydroxylation is 1. The van der Waals surface area contributed by atoms with E-state index in [1.165, 1.54) is 4.88 Å². The first-order valence-electron chi connectivity index (χ1n) is 6.94. The Balaban J connectivity index is 2.28. The Bertz CT molecular complexity index is 493. The topological polar surface area (TPSA) is 55.4 Å². The van der Waals surface area contributed by atoms with E-state index in [-0.39, 0.29) is 5.91 Å². The summed E-state index contributed by atoms with van der Waals surface area (Å²) in [7, 11) is 0. The number of nitrogens with one attached hydrogen (secondary N) is 1. The second-order valence-electron chi connectivity index (χ2n) is 5.88. The Morgan fingerprint density at radius 3 is 2.57 bits per heavy atom. The molecule has 1 rings (SSSR count). The molecule has 0 radical (unpaired) electrons. The molecule has 0 saturated carbocycles. The van der Waals surface area contributed by atoms with Crippen LogP contribution in [0.5, 0.6) is 0 Å². The Morgan fingerprint density at radius 1 is 1.38 bits per heavy atom. The highest BCUT2D eigenvalue weighted by atomic mass is 79.9. The van der Waals surface area contributed by atoms with E-state index < -0.39 is 17.6 Å². The molecule has 0 saturated heterocycles. The first-order valence-corrected chi connectivity index (χ1v) is 8.55. The molecule has 0 bridgehead atoms. The zero-order valence-corrected chi connectivity index (χ0v) is 15.3. The summed E-state index contributed by atoms with van der Waals surface area (Å²) < 4.78 is 6.32. The molecule has 0 aliphatic heterocycles. The van der Waals surface area contributed by atoms with Gasteiger partial charge >= 0.3 is 5.97 Å². The minimum atomic E-state index is -0.618. The van der Waals surface area contributed by atoms with Crippen LogP contribution in [0.4, 0.5) is 0 Å². The molecule has 0 spiro atoms. The van der Waals surface area contributed by atoms with Gasteiger partial charge in [-0.1, -0.05) is 0 Å². The van der Waals surface area contributed by atoms with Crippen molar-refractivity contribution in [1.82, 2.24) is 5.32 Å². The minimum absolute atomic E-state index is 0.121. The lowest BCUT2D eigenvalue weighted by molar-refractivity contribution is -0.158. The monoisotopic (exact) mass is 375 g/mol. The normalized spacial score (nSPS) is 12.8. The molecule has 0 aromatic carbocycles. The number of esters is 1. The van der Waals surface area contributed by atoms with Crippen molar-refractivity contribution in [3.05, 3.63) is 20.8 Å². The van der Waals surface area contributed by atoms with Gasteiger partial charge in [0.05, 0.1) is 3.79 Å². The van der Waals surface area contributed by atoms with Crippen molar-refractivity contribution in [2.24, 2.45) is 0 Å². The zero-order chi connectivity index (χ0) is 16.0. The van der Waals surface area contributed by atoms with Crippen molar-refractivity contribution >= 4 is 39.1 Å². The molecule has 0 unspecified atom stereocenters. The number of hydrogen-bond acceptors (Lipinski definition) is 4. The molecule has 1 amide bonds. The van der Waals surface area contributed by atoms with Gasteiger partial charge in [-0.3, -0.25) is 4.79 Å². The Labute approximate surface area is 138 Å². The standard InChI is InChI=1S/C15H22BrNO3S/c1-10(14(19)20-15(2,3)4)17-13(18)7-5-6-11-8-9-12(16)21-11/h8-10H,5-7H2,1-4H3,(H,17,18)/t10-/m1/s1. The number of rotatable bonds is 6. The van der Waals surface area contributed by atoms with Crippen molar-refractivity contribution in [2.75, 3.05) is 0 Å². The summed E-state index contributed by atoms with van der Waals surface area (Å²) >= 11 is 5.09. The maximum Gasteiger partial charge on any atom is 0.328 e. The minimum Gasteiger partial charge on any atom is -0.458 e. The summed E-state index contributed by atoms with van der Waals surface area (Å²) in [6, 6.07) is 3.44. The Morgan fingerprint density at radius 2 is 2.05 bits per heavy atom. The molecule has 1 atom stereocenters. The second kappa shape index (κ2) is 7.94. The van der Waals surface area contributed by atoms with E-state index in [4.69, 9.17) is 4.74 Å². The Kier molecular flexibility index (Phi) is 6.87. The predicted octanol–water partition coefficient (Wildman–Crippen LogP) is 3.68. The number of ether oxygens (including phenoxy) is 1. The van der Waals surface area contributed by atoms with Crippen LogP contribution in [0.3, 0.4) is 0 Å². The lowest BCUT2D eigenvalue weighted by atomic mass is 10.2. The fourth-order valence-electron chi connectivity index (χ4n) is 1.67. The largest absolute Gasteiger partial charge is 0.458 e.